The summed E-state index contributed by atoms with van der Waals surface area (Å²) in [7, 11) is 0. The number of carbonyl (C=O) groups is 2. The molecule has 0 radical (unpaired) electrons. The van der Waals surface area contributed by atoms with Gasteiger partial charge in [0, 0.05) is 48.7 Å². The molecule has 0 bridgehead atoms. The Hall–Kier alpha value is -1.48. The second kappa shape index (κ2) is 6.79. The van der Waals surface area contributed by atoms with E-state index in [9.17, 15) is 9.59 Å². The van der Waals surface area contributed by atoms with Crippen molar-refractivity contribution in [1.82, 2.24) is 15.1 Å². The molecular formula is C16H19N3O3S2. The summed E-state index contributed by atoms with van der Waals surface area (Å²) in [6.07, 6.45) is -0.384. The Kier molecular flexibility index (Phi) is 4.53. The van der Waals surface area contributed by atoms with E-state index in [1.54, 1.807) is 22.7 Å². The zero-order valence-corrected chi connectivity index (χ0v) is 14.8. The van der Waals surface area contributed by atoms with Gasteiger partial charge in [-0.05, 0) is 17.5 Å². The number of morpholine rings is 1. The average Bonchev–Trinajstić information content (AvgIpc) is 3.23. The summed E-state index contributed by atoms with van der Waals surface area (Å²) in [6.45, 7) is 4.25. The molecule has 128 valence electrons. The predicted octanol–water partition coefficient (Wildman–Crippen LogP) is 1.24. The first-order valence-corrected chi connectivity index (χ1v) is 9.79. The minimum absolute atomic E-state index is 0.0333. The van der Waals surface area contributed by atoms with Gasteiger partial charge in [-0.1, -0.05) is 0 Å². The van der Waals surface area contributed by atoms with Crippen LogP contribution in [0.4, 0.5) is 0 Å². The summed E-state index contributed by atoms with van der Waals surface area (Å²) in [5.74, 6) is 0.108. The molecule has 4 heterocycles. The van der Waals surface area contributed by atoms with Crippen LogP contribution in [0.15, 0.2) is 17.5 Å². The molecule has 2 aliphatic heterocycles. The maximum atomic E-state index is 12.6. The van der Waals surface area contributed by atoms with Crippen LogP contribution in [0.25, 0.3) is 9.40 Å². The number of nitrogens with one attached hydrogen (secondary N) is 1. The number of ether oxygens (including phenoxy) is 1. The lowest BCUT2D eigenvalue weighted by atomic mass is 10.2. The van der Waals surface area contributed by atoms with Crippen molar-refractivity contribution in [3.8, 4) is 0 Å². The molecule has 2 saturated heterocycles. The van der Waals surface area contributed by atoms with Gasteiger partial charge in [-0.25, -0.2) is 0 Å². The molecule has 2 aromatic rings. The van der Waals surface area contributed by atoms with E-state index in [1.807, 2.05) is 21.2 Å². The number of fused-ring (bicyclic) bond motifs is 1. The maximum Gasteiger partial charge on any atom is 0.264 e. The van der Waals surface area contributed by atoms with Gasteiger partial charge in [-0.2, -0.15) is 0 Å². The number of piperazine rings is 1. The molecule has 1 atom stereocenters. The second-order valence-corrected chi connectivity index (χ2v) is 7.97. The van der Waals surface area contributed by atoms with Gasteiger partial charge in [0.25, 0.3) is 11.8 Å². The van der Waals surface area contributed by atoms with E-state index in [2.05, 4.69) is 11.4 Å². The number of nitrogens with zero attached hydrogens (tertiary/aromatic N) is 2. The van der Waals surface area contributed by atoms with Crippen molar-refractivity contribution in [1.29, 1.82) is 0 Å². The van der Waals surface area contributed by atoms with E-state index < -0.39 is 0 Å². The van der Waals surface area contributed by atoms with Crippen molar-refractivity contribution in [2.45, 2.75) is 6.10 Å². The van der Waals surface area contributed by atoms with Crippen LogP contribution in [0.5, 0.6) is 0 Å². The molecule has 24 heavy (non-hydrogen) atoms. The summed E-state index contributed by atoms with van der Waals surface area (Å²) in [5, 5.41) is 5.22. The first-order valence-electron chi connectivity index (χ1n) is 8.10. The van der Waals surface area contributed by atoms with Gasteiger partial charge in [0.1, 0.15) is 6.10 Å². The van der Waals surface area contributed by atoms with Crippen LogP contribution in [-0.4, -0.2) is 73.6 Å². The van der Waals surface area contributed by atoms with Crippen LogP contribution in [0.1, 0.15) is 9.67 Å². The van der Waals surface area contributed by atoms with Crippen molar-refractivity contribution < 1.29 is 14.3 Å². The Morgan fingerprint density at radius 1 is 1.17 bits per heavy atom. The molecule has 2 fully saturated rings. The molecule has 1 unspecified atom stereocenters. The van der Waals surface area contributed by atoms with E-state index >= 15 is 0 Å². The molecule has 4 rings (SSSR count). The van der Waals surface area contributed by atoms with Crippen molar-refractivity contribution in [2.75, 3.05) is 45.9 Å². The molecule has 8 heteroatoms. The molecule has 1 N–H and O–H groups in total. The zero-order valence-electron chi connectivity index (χ0n) is 13.2. The van der Waals surface area contributed by atoms with Crippen LogP contribution in [-0.2, 0) is 9.53 Å². The first kappa shape index (κ1) is 16.0. The molecular weight excluding hydrogens is 346 g/mol. The Morgan fingerprint density at radius 3 is 2.67 bits per heavy atom. The summed E-state index contributed by atoms with van der Waals surface area (Å²) in [4.78, 5) is 29.5. The second-order valence-electron chi connectivity index (χ2n) is 5.94. The van der Waals surface area contributed by atoms with E-state index in [1.165, 1.54) is 9.40 Å². The summed E-state index contributed by atoms with van der Waals surface area (Å²) in [6, 6.07) is 4.03. The highest BCUT2D eigenvalue weighted by Crippen LogP contribution is 2.30. The molecule has 0 spiro atoms. The zero-order chi connectivity index (χ0) is 16.5. The quantitative estimate of drug-likeness (QED) is 0.870. The van der Waals surface area contributed by atoms with Crippen molar-refractivity contribution in [3.63, 3.8) is 0 Å². The molecule has 2 amide bonds. The van der Waals surface area contributed by atoms with E-state index in [4.69, 9.17) is 4.74 Å². The first-order chi connectivity index (χ1) is 11.7. The molecule has 6 nitrogen and oxygen atoms in total. The number of rotatable bonds is 2. The fourth-order valence-electron chi connectivity index (χ4n) is 3.08. The molecule has 0 aliphatic carbocycles. The Labute approximate surface area is 148 Å². The number of amides is 2. The van der Waals surface area contributed by atoms with Crippen LogP contribution in [0, 0.1) is 0 Å². The highest BCUT2D eigenvalue weighted by Gasteiger charge is 2.31. The Bertz CT molecular complexity index is 714. The van der Waals surface area contributed by atoms with Crippen molar-refractivity contribution in [2.24, 2.45) is 0 Å². The van der Waals surface area contributed by atoms with Crippen LogP contribution in [0.2, 0.25) is 0 Å². The minimum Gasteiger partial charge on any atom is -0.366 e. The molecule has 0 aromatic carbocycles. The third kappa shape index (κ3) is 3.06. The Morgan fingerprint density at radius 2 is 1.96 bits per heavy atom. The maximum absolute atomic E-state index is 12.6. The number of hydrogen-bond acceptors (Lipinski definition) is 6. The lowest BCUT2D eigenvalue weighted by Crippen LogP contribution is -2.55. The largest absolute Gasteiger partial charge is 0.366 e. The average molecular weight is 365 g/mol. The van der Waals surface area contributed by atoms with Gasteiger partial charge in [0.05, 0.1) is 11.5 Å². The van der Waals surface area contributed by atoms with Crippen molar-refractivity contribution >= 4 is 43.9 Å². The minimum atomic E-state index is -0.384. The van der Waals surface area contributed by atoms with Gasteiger partial charge < -0.3 is 19.9 Å². The van der Waals surface area contributed by atoms with Crippen LogP contribution >= 0.6 is 22.7 Å². The topological polar surface area (TPSA) is 61.9 Å². The van der Waals surface area contributed by atoms with Gasteiger partial charge in [0.2, 0.25) is 0 Å². The number of carbonyl (C=O) groups excluding carboxylic acids is 2. The lowest BCUT2D eigenvalue weighted by molar-refractivity contribution is -0.146. The van der Waals surface area contributed by atoms with E-state index in [-0.39, 0.29) is 17.9 Å². The van der Waals surface area contributed by atoms with E-state index in [0.717, 1.165) is 11.4 Å². The predicted molar refractivity (Wildman–Crippen MR) is 94.8 cm³/mol. The summed E-state index contributed by atoms with van der Waals surface area (Å²) in [5.41, 5.74) is 0. The Balaban J connectivity index is 1.36. The van der Waals surface area contributed by atoms with Crippen LogP contribution < -0.4 is 5.32 Å². The monoisotopic (exact) mass is 365 g/mol. The SMILES string of the molecule is O=C(c1cc2sccc2s1)N1CCN(C(=O)C2CNCCO2)CC1. The fourth-order valence-corrected chi connectivity index (χ4v) is 5.16. The fraction of sp³-hybridized carbons (Fsp3) is 0.500. The smallest absolute Gasteiger partial charge is 0.264 e. The van der Waals surface area contributed by atoms with Gasteiger partial charge in [-0.3, -0.25) is 9.59 Å². The standard InChI is InChI=1S/C16H19N3O3S2/c20-15(11-10-17-2-7-22-11)18-3-5-19(6-4-18)16(21)14-9-13-12(24-14)1-8-23-13/h1,8-9,11,17H,2-7,10H2. The highest BCUT2D eigenvalue weighted by molar-refractivity contribution is 7.27. The normalized spacial score (nSPS) is 22.1. The van der Waals surface area contributed by atoms with Crippen LogP contribution in [0.3, 0.4) is 0 Å². The number of thiophene rings is 2. The van der Waals surface area contributed by atoms with Gasteiger partial charge >= 0.3 is 0 Å². The lowest BCUT2D eigenvalue weighted by Gasteiger charge is -2.36. The molecule has 2 aliphatic rings. The molecule has 2 aromatic heterocycles. The third-order valence-corrected chi connectivity index (χ3v) is 6.51. The third-order valence-electron chi connectivity index (χ3n) is 4.43. The van der Waals surface area contributed by atoms with Gasteiger partial charge in [0.15, 0.2) is 0 Å². The summed E-state index contributed by atoms with van der Waals surface area (Å²) < 4.78 is 7.86. The molecule has 0 saturated carbocycles. The number of hydrogen-bond donors (Lipinski definition) is 1. The van der Waals surface area contributed by atoms with E-state index in [0.29, 0.717) is 39.3 Å². The van der Waals surface area contributed by atoms with Gasteiger partial charge in [-0.15, -0.1) is 22.7 Å². The highest BCUT2D eigenvalue weighted by atomic mass is 32.1. The summed E-state index contributed by atoms with van der Waals surface area (Å²) >= 11 is 3.21. The van der Waals surface area contributed by atoms with Crippen molar-refractivity contribution in [3.05, 3.63) is 22.4 Å².